The summed E-state index contributed by atoms with van der Waals surface area (Å²) in [6, 6.07) is 30.1. The highest BCUT2D eigenvalue weighted by Crippen LogP contribution is 2.36. The predicted molar refractivity (Wildman–Crippen MR) is 130 cm³/mol. The monoisotopic (exact) mass is 434 g/mol. The number of carbonyl (C=O) groups excluding carboxylic acids is 1. The van der Waals surface area contributed by atoms with Crippen LogP contribution in [0.15, 0.2) is 95.4 Å². The first-order valence-corrected chi connectivity index (χ1v) is 11.0. The topological polar surface area (TPSA) is 67.5 Å². The van der Waals surface area contributed by atoms with E-state index in [2.05, 4.69) is 48.5 Å². The number of Topliss-reactive ketones (excluding diaryl/α,β-unsaturated/α-hetero) is 1. The molecule has 0 saturated carbocycles. The van der Waals surface area contributed by atoms with Crippen LogP contribution >= 0.6 is 0 Å². The molecular weight excluding hydrogens is 412 g/mol. The number of carbonyl (C=O) groups is 2. The van der Waals surface area contributed by atoms with Crippen molar-refractivity contribution in [1.82, 2.24) is 0 Å². The van der Waals surface area contributed by atoms with E-state index in [1.165, 1.54) is 0 Å². The van der Waals surface area contributed by atoms with Gasteiger partial charge in [-0.25, -0.2) is 0 Å². The molecule has 4 aromatic carbocycles. The average Bonchev–Trinajstić information content (AvgIpc) is 3.23. The number of carboxylic acids is 1. The van der Waals surface area contributed by atoms with Gasteiger partial charge >= 0.3 is 5.97 Å². The Bertz CT molecular complexity index is 1460. The Morgan fingerprint density at radius 1 is 0.667 bits per heavy atom. The fraction of sp³-hybridized carbons (Fsp3) is 0.103. The zero-order valence-corrected chi connectivity index (χ0v) is 18.0. The maximum absolute atomic E-state index is 12.2. The van der Waals surface area contributed by atoms with Crippen molar-refractivity contribution in [2.24, 2.45) is 0 Å². The number of furan rings is 1. The first-order chi connectivity index (χ1) is 16.1. The summed E-state index contributed by atoms with van der Waals surface area (Å²) in [6.07, 6.45) is 0.612. The number of rotatable bonds is 7. The zero-order chi connectivity index (χ0) is 22.8. The SMILES string of the molecule is O=C(O)CCCC(=O)c1ccc(-c2ccc(-c3cccc4c3oc3ccccc34)cc2)cc1. The minimum absolute atomic E-state index is 0.0118. The minimum Gasteiger partial charge on any atom is -0.481 e. The summed E-state index contributed by atoms with van der Waals surface area (Å²) in [5.74, 6) is -0.907. The molecule has 162 valence electrons. The Hall–Kier alpha value is -4.18. The van der Waals surface area contributed by atoms with Gasteiger partial charge in [-0.2, -0.15) is 0 Å². The highest BCUT2D eigenvalue weighted by molar-refractivity contribution is 6.09. The van der Waals surface area contributed by atoms with E-state index < -0.39 is 5.97 Å². The van der Waals surface area contributed by atoms with Crippen LogP contribution < -0.4 is 0 Å². The second-order valence-corrected chi connectivity index (χ2v) is 8.11. The number of hydrogen-bond donors (Lipinski definition) is 1. The minimum atomic E-state index is -0.877. The van der Waals surface area contributed by atoms with Gasteiger partial charge in [0, 0.05) is 34.7 Å². The van der Waals surface area contributed by atoms with Gasteiger partial charge in [-0.05, 0) is 29.2 Å². The molecule has 5 rings (SSSR count). The Labute approximate surface area is 191 Å². The fourth-order valence-electron chi connectivity index (χ4n) is 4.21. The van der Waals surface area contributed by atoms with Crippen LogP contribution in [0.25, 0.3) is 44.2 Å². The van der Waals surface area contributed by atoms with E-state index in [1.54, 1.807) is 0 Å². The van der Waals surface area contributed by atoms with Crippen molar-refractivity contribution in [1.29, 1.82) is 0 Å². The van der Waals surface area contributed by atoms with Crippen LogP contribution in [-0.2, 0) is 4.79 Å². The van der Waals surface area contributed by atoms with Gasteiger partial charge in [0.1, 0.15) is 11.2 Å². The Kier molecular flexibility index (Phi) is 5.49. The number of aliphatic carboxylic acids is 1. The van der Waals surface area contributed by atoms with Gasteiger partial charge in [-0.1, -0.05) is 84.9 Å². The van der Waals surface area contributed by atoms with Gasteiger partial charge in [0.25, 0.3) is 0 Å². The van der Waals surface area contributed by atoms with Gasteiger partial charge in [0.15, 0.2) is 5.78 Å². The summed E-state index contributed by atoms with van der Waals surface area (Å²) < 4.78 is 6.16. The Morgan fingerprint density at radius 2 is 1.30 bits per heavy atom. The number of hydrogen-bond acceptors (Lipinski definition) is 3. The maximum Gasteiger partial charge on any atom is 0.303 e. The largest absolute Gasteiger partial charge is 0.481 e. The van der Waals surface area contributed by atoms with Crippen LogP contribution in [0, 0.1) is 0 Å². The van der Waals surface area contributed by atoms with E-state index >= 15 is 0 Å². The van der Waals surface area contributed by atoms with Crippen molar-refractivity contribution in [3.63, 3.8) is 0 Å². The third-order valence-electron chi connectivity index (χ3n) is 5.93. The zero-order valence-electron chi connectivity index (χ0n) is 18.0. The molecule has 5 aromatic rings. The molecule has 0 radical (unpaired) electrons. The maximum atomic E-state index is 12.2. The highest BCUT2D eigenvalue weighted by atomic mass is 16.4. The van der Waals surface area contributed by atoms with E-state index in [0.29, 0.717) is 12.0 Å². The molecule has 0 bridgehead atoms. The summed E-state index contributed by atoms with van der Waals surface area (Å²) in [6.45, 7) is 0. The summed E-state index contributed by atoms with van der Waals surface area (Å²) in [5, 5.41) is 10.9. The molecule has 1 N–H and O–H groups in total. The van der Waals surface area contributed by atoms with Crippen molar-refractivity contribution in [3.8, 4) is 22.3 Å². The van der Waals surface area contributed by atoms with Gasteiger partial charge in [-0.3, -0.25) is 9.59 Å². The summed E-state index contributed by atoms with van der Waals surface area (Å²) in [7, 11) is 0. The number of benzene rings is 4. The quantitative estimate of drug-likeness (QED) is 0.272. The average molecular weight is 434 g/mol. The molecule has 1 aromatic heterocycles. The number of carboxylic acid groups (broad SMARTS) is 1. The molecule has 4 nitrogen and oxygen atoms in total. The lowest BCUT2D eigenvalue weighted by Crippen LogP contribution is -2.01. The molecule has 0 aliphatic heterocycles. The van der Waals surface area contributed by atoms with Crippen molar-refractivity contribution in [2.75, 3.05) is 0 Å². The molecule has 4 heteroatoms. The van der Waals surface area contributed by atoms with E-state index in [-0.39, 0.29) is 18.6 Å². The van der Waals surface area contributed by atoms with Crippen LogP contribution in [0.4, 0.5) is 0 Å². The van der Waals surface area contributed by atoms with Crippen LogP contribution in [0.5, 0.6) is 0 Å². The molecule has 1 heterocycles. The van der Waals surface area contributed by atoms with Gasteiger partial charge in [0.05, 0.1) is 0 Å². The summed E-state index contributed by atoms with van der Waals surface area (Å²) >= 11 is 0. The molecule has 33 heavy (non-hydrogen) atoms. The second-order valence-electron chi connectivity index (χ2n) is 8.11. The third-order valence-corrected chi connectivity index (χ3v) is 5.93. The lowest BCUT2D eigenvalue weighted by atomic mass is 9.97. The fourth-order valence-corrected chi connectivity index (χ4v) is 4.21. The number of ketones is 1. The molecule has 0 aliphatic rings. The standard InChI is InChI=1S/C29H22O4/c30-26(8-4-10-28(31)32)22-17-13-20(14-18-22)19-11-15-21(16-12-19)23-6-3-7-25-24-5-1-2-9-27(24)33-29(23)25/h1-3,5-7,9,11-18H,4,8,10H2,(H,31,32). The number of para-hydroxylation sites is 2. The smallest absolute Gasteiger partial charge is 0.303 e. The van der Waals surface area contributed by atoms with Crippen LogP contribution in [0.1, 0.15) is 29.6 Å². The highest BCUT2D eigenvalue weighted by Gasteiger charge is 2.12. The van der Waals surface area contributed by atoms with E-state index in [4.69, 9.17) is 9.52 Å². The predicted octanol–water partition coefficient (Wildman–Crippen LogP) is 7.36. The summed E-state index contributed by atoms with van der Waals surface area (Å²) in [4.78, 5) is 22.9. The molecule has 0 unspecified atom stereocenters. The van der Waals surface area contributed by atoms with Crippen molar-refractivity contribution in [3.05, 3.63) is 96.6 Å². The van der Waals surface area contributed by atoms with Gasteiger partial charge in [-0.15, -0.1) is 0 Å². The van der Waals surface area contributed by atoms with E-state index in [9.17, 15) is 9.59 Å². The molecule has 0 atom stereocenters. The molecule has 0 saturated heterocycles. The third kappa shape index (κ3) is 4.15. The molecule has 0 fully saturated rings. The van der Waals surface area contributed by atoms with Crippen molar-refractivity contribution < 1.29 is 19.1 Å². The van der Waals surface area contributed by atoms with Crippen LogP contribution in [0.2, 0.25) is 0 Å². The normalized spacial score (nSPS) is 11.2. The molecule has 0 amide bonds. The van der Waals surface area contributed by atoms with Crippen LogP contribution in [-0.4, -0.2) is 16.9 Å². The van der Waals surface area contributed by atoms with E-state index in [0.717, 1.165) is 44.2 Å². The Morgan fingerprint density at radius 3 is 2.03 bits per heavy atom. The lowest BCUT2D eigenvalue weighted by molar-refractivity contribution is -0.137. The molecule has 0 aliphatic carbocycles. The lowest BCUT2D eigenvalue weighted by Gasteiger charge is -2.07. The molecular formula is C29H22O4. The first-order valence-electron chi connectivity index (χ1n) is 11.0. The number of fused-ring (bicyclic) bond motifs is 3. The van der Waals surface area contributed by atoms with Gasteiger partial charge < -0.3 is 9.52 Å². The van der Waals surface area contributed by atoms with Gasteiger partial charge in [0.2, 0.25) is 0 Å². The van der Waals surface area contributed by atoms with E-state index in [1.807, 2.05) is 42.5 Å². The van der Waals surface area contributed by atoms with Crippen molar-refractivity contribution in [2.45, 2.75) is 19.3 Å². The summed E-state index contributed by atoms with van der Waals surface area (Å²) in [5.41, 5.74) is 6.58. The van der Waals surface area contributed by atoms with Crippen LogP contribution in [0.3, 0.4) is 0 Å². The Balaban J connectivity index is 1.38. The molecule has 0 spiro atoms. The first kappa shape index (κ1) is 20.7. The van der Waals surface area contributed by atoms with Crippen molar-refractivity contribution >= 4 is 33.7 Å². The second kappa shape index (κ2) is 8.75.